The van der Waals surface area contributed by atoms with E-state index >= 15 is 0 Å². The summed E-state index contributed by atoms with van der Waals surface area (Å²) >= 11 is 0. The molecule has 1 unspecified atom stereocenters. The predicted molar refractivity (Wildman–Crippen MR) is 49.6 cm³/mol. The second-order valence-corrected chi connectivity index (χ2v) is 3.62. The first-order valence-corrected chi connectivity index (χ1v) is 4.68. The van der Waals surface area contributed by atoms with Crippen molar-refractivity contribution in [3.8, 4) is 0 Å². The summed E-state index contributed by atoms with van der Waals surface area (Å²) in [5, 5.41) is 3.48. The van der Waals surface area contributed by atoms with Crippen molar-refractivity contribution in [3.05, 3.63) is 11.6 Å². The highest BCUT2D eigenvalue weighted by atomic mass is 14.9. The molecule has 1 N–H and O–H groups in total. The minimum Gasteiger partial charge on any atom is -0.310 e. The molecule has 0 aliphatic carbocycles. The lowest BCUT2D eigenvalue weighted by Crippen LogP contribution is -2.32. The Morgan fingerprint density at radius 1 is 1.64 bits per heavy atom. The second kappa shape index (κ2) is 3.91. The van der Waals surface area contributed by atoms with Crippen LogP contribution in [0, 0.1) is 5.92 Å². The minimum absolute atomic E-state index is 0.640. The number of nitrogens with one attached hydrogen (secondary N) is 1. The molecule has 0 fully saturated rings. The van der Waals surface area contributed by atoms with Gasteiger partial charge in [0.05, 0.1) is 0 Å². The van der Waals surface area contributed by atoms with Crippen molar-refractivity contribution in [2.75, 3.05) is 6.54 Å². The molecule has 0 amide bonds. The summed E-state index contributed by atoms with van der Waals surface area (Å²) in [5.41, 5.74) is 1.63. The second-order valence-electron chi connectivity index (χ2n) is 3.62. The third kappa shape index (κ3) is 2.33. The molecule has 0 saturated carbocycles. The van der Waals surface area contributed by atoms with E-state index in [2.05, 4.69) is 32.2 Å². The van der Waals surface area contributed by atoms with Gasteiger partial charge >= 0.3 is 0 Å². The minimum atomic E-state index is 0.640. The van der Waals surface area contributed by atoms with Crippen molar-refractivity contribution >= 4 is 0 Å². The average molecular weight is 153 g/mol. The molecule has 1 atom stereocenters. The maximum atomic E-state index is 3.48. The van der Waals surface area contributed by atoms with Gasteiger partial charge in [0.2, 0.25) is 0 Å². The first-order valence-electron chi connectivity index (χ1n) is 4.68. The third-order valence-corrected chi connectivity index (χ3v) is 2.42. The summed E-state index contributed by atoms with van der Waals surface area (Å²) in [6.45, 7) is 7.97. The van der Waals surface area contributed by atoms with E-state index in [-0.39, 0.29) is 0 Å². The van der Waals surface area contributed by atoms with E-state index in [0.29, 0.717) is 6.04 Å². The van der Waals surface area contributed by atoms with Gasteiger partial charge in [0.15, 0.2) is 0 Å². The lowest BCUT2D eigenvalue weighted by Gasteiger charge is -2.23. The Morgan fingerprint density at radius 3 is 2.91 bits per heavy atom. The zero-order valence-electron chi connectivity index (χ0n) is 7.85. The van der Waals surface area contributed by atoms with Crippen LogP contribution in [0.5, 0.6) is 0 Å². The van der Waals surface area contributed by atoms with Crippen molar-refractivity contribution in [1.29, 1.82) is 0 Å². The Labute approximate surface area is 69.9 Å². The molecular formula is C10H19N. The fourth-order valence-corrected chi connectivity index (χ4v) is 1.55. The van der Waals surface area contributed by atoms with Crippen LogP contribution in [0.1, 0.15) is 33.6 Å². The van der Waals surface area contributed by atoms with E-state index in [1.54, 1.807) is 5.57 Å². The van der Waals surface area contributed by atoms with Crippen LogP contribution in [0.15, 0.2) is 11.6 Å². The van der Waals surface area contributed by atoms with Crippen molar-refractivity contribution < 1.29 is 0 Å². The lowest BCUT2D eigenvalue weighted by atomic mass is 9.94. The van der Waals surface area contributed by atoms with E-state index < -0.39 is 0 Å². The molecule has 1 nitrogen and oxygen atoms in total. The third-order valence-electron chi connectivity index (χ3n) is 2.42. The molecule has 0 radical (unpaired) electrons. The normalized spacial score (nSPS) is 25.5. The van der Waals surface area contributed by atoms with Gasteiger partial charge in [0.1, 0.15) is 0 Å². The average Bonchev–Trinajstić information content (AvgIpc) is 2.05. The Kier molecular flexibility index (Phi) is 3.13. The van der Waals surface area contributed by atoms with Crippen LogP contribution in [-0.2, 0) is 0 Å². The van der Waals surface area contributed by atoms with E-state index in [1.807, 2.05) is 0 Å². The lowest BCUT2D eigenvalue weighted by molar-refractivity contribution is 0.523. The highest BCUT2D eigenvalue weighted by molar-refractivity contribution is 5.12. The predicted octanol–water partition coefficient (Wildman–Crippen LogP) is 2.34. The number of hydrogen-bond acceptors (Lipinski definition) is 1. The van der Waals surface area contributed by atoms with Crippen molar-refractivity contribution in [3.63, 3.8) is 0 Å². The van der Waals surface area contributed by atoms with Crippen molar-refractivity contribution in [2.24, 2.45) is 5.92 Å². The SMILES string of the molecule is CCC1C=C(C(C)C)CCN1. The zero-order chi connectivity index (χ0) is 8.27. The van der Waals surface area contributed by atoms with Gasteiger partial charge < -0.3 is 5.32 Å². The Morgan fingerprint density at radius 2 is 2.36 bits per heavy atom. The molecule has 0 bridgehead atoms. The van der Waals surface area contributed by atoms with Crippen LogP contribution in [0.2, 0.25) is 0 Å². The molecule has 0 aromatic carbocycles. The van der Waals surface area contributed by atoms with Crippen LogP contribution >= 0.6 is 0 Å². The largest absolute Gasteiger partial charge is 0.310 e. The van der Waals surface area contributed by atoms with Gasteiger partial charge in [-0.15, -0.1) is 0 Å². The van der Waals surface area contributed by atoms with Gasteiger partial charge in [-0.05, 0) is 25.3 Å². The van der Waals surface area contributed by atoms with Gasteiger partial charge in [-0.2, -0.15) is 0 Å². The molecule has 1 heterocycles. The van der Waals surface area contributed by atoms with Crippen molar-refractivity contribution in [2.45, 2.75) is 39.7 Å². The van der Waals surface area contributed by atoms with Gasteiger partial charge in [-0.3, -0.25) is 0 Å². The smallest absolute Gasteiger partial charge is 0.0250 e. The number of hydrogen-bond donors (Lipinski definition) is 1. The summed E-state index contributed by atoms with van der Waals surface area (Å²) in [5.74, 6) is 0.742. The highest BCUT2D eigenvalue weighted by Crippen LogP contribution is 2.18. The standard InChI is InChI=1S/C10H19N/c1-4-10-7-9(8(2)3)5-6-11-10/h7-8,10-11H,4-6H2,1-3H3. The monoisotopic (exact) mass is 153 g/mol. The van der Waals surface area contributed by atoms with Crippen LogP contribution in [0.3, 0.4) is 0 Å². The fourth-order valence-electron chi connectivity index (χ4n) is 1.55. The summed E-state index contributed by atoms with van der Waals surface area (Å²) in [7, 11) is 0. The molecule has 1 aliphatic rings. The highest BCUT2D eigenvalue weighted by Gasteiger charge is 2.12. The van der Waals surface area contributed by atoms with Crippen LogP contribution in [0.25, 0.3) is 0 Å². The van der Waals surface area contributed by atoms with Gasteiger partial charge in [0.25, 0.3) is 0 Å². The van der Waals surface area contributed by atoms with Gasteiger partial charge in [0, 0.05) is 6.04 Å². The van der Waals surface area contributed by atoms with Crippen molar-refractivity contribution in [1.82, 2.24) is 5.32 Å². The molecule has 64 valence electrons. The summed E-state index contributed by atoms with van der Waals surface area (Å²) in [6.07, 6.45) is 4.87. The molecule has 0 aromatic rings. The molecule has 0 saturated heterocycles. The zero-order valence-corrected chi connectivity index (χ0v) is 7.85. The summed E-state index contributed by atoms with van der Waals surface area (Å²) in [4.78, 5) is 0. The number of rotatable bonds is 2. The van der Waals surface area contributed by atoms with Crippen LogP contribution < -0.4 is 5.32 Å². The van der Waals surface area contributed by atoms with E-state index in [0.717, 1.165) is 5.92 Å². The molecular weight excluding hydrogens is 134 g/mol. The molecule has 1 heteroatoms. The molecule has 0 aromatic heterocycles. The van der Waals surface area contributed by atoms with E-state index in [9.17, 15) is 0 Å². The maximum absolute atomic E-state index is 3.48. The molecule has 11 heavy (non-hydrogen) atoms. The summed E-state index contributed by atoms with van der Waals surface area (Å²) < 4.78 is 0. The maximum Gasteiger partial charge on any atom is 0.0250 e. The first-order chi connectivity index (χ1) is 5.24. The van der Waals surface area contributed by atoms with E-state index in [1.165, 1.54) is 19.4 Å². The first kappa shape index (κ1) is 8.79. The molecule has 1 aliphatic heterocycles. The Bertz CT molecular complexity index is 147. The van der Waals surface area contributed by atoms with Crippen LogP contribution in [-0.4, -0.2) is 12.6 Å². The van der Waals surface area contributed by atoms with Crippen LogP contribution in [0.4, 0.5) is 0 Å². The van der Waals surface area contributed by atoms with Gasteiger partial charge in [-0.25, -0.2) is 0 Å². The molecule has 1 rings (SSSR count). The van der Waals surface area contributed by atoms with Gasteiger partial charge in [-0.1, -0.05) is 32.4 Å². The fraction of sp³-hybridized carbons (Fsp3) is 0.800. The quantitative estimate of drug-likeness (QED) is 0.600. The molecule has 0 spiro atoms. The summed E-state index contributed by atoms with van der Waals surface area (Å²) in [6, 6.07) is 0.640. The Balaban J connectivity index is 2.57. The Hall–Kier alpha value is -0.300. The topological polar surface area (TPSA) is 12.0 Å². The van der Waals surface area contributed by atoms with E-state index in [4.69, 9.17) is 0 Å².